The Balaban J connectivity index is 3.38. The molecule has 34 heavy (non-hydrogen) atoms. The molecule has 0 fully saturated rings. The molecule has 3 N–H and O–H groups in total. The van der Waals surface area contributed by atoms with Crippen molar-refractivity contribution in [1.82, 2.24) is 15.5 Å². The van der Waals surface area contributed by atoms with Crippen LogP contribution in [-0.2, 0) is 14.3 Å². The number of nitrogens with zero attached hydrogens (tertiary/aromatic N) is 1. The summed E-state index contributed by atoms with van der Waals surface area (Å²) in [7, 11) is 0. The third kappa shape index (κ3) is 8.88. The summed E-state index contributed by atoms with van der Waals surface area (Å²) >= 11 is 0. The predicted octanol–water partition coefficient (Wildman–Crippen LogP) is 4.59. The molecule has 0 aliphatic carbocycles. The van der Waals surface area contributed by atoms with E-state index in [0.717, 1.165) is 19.3 Å². The summed E-state index contributed by atoms with van der Waals surface area (Å²) in [5, 5.41) is 16.4. The predicted molar refractivity (Wildman–Crippen MR) is 134 cm³/mol. The van der Waals surface area contributed by atoms with Crippen molar-refractivity contribution in [3.63, 3.8) is 0 Å². The Kier molecular flexibility index (Phi) is 11.4. The van der Waals surface area contributed by atoms with Crippen molar-refractivity contribution in [2.24, 2.45) is 0 Å². The van der Waals surface area contributed by atoms with Crippen LogP contribution < -0.4 is 10.6 Å². The lowest BCUT2D eigenvalue weighted by atomic mass is 9.98. The standard InChI is InChI=1S/C26H43N3O5/c1-9-11-16-29(24(32)19(5)28-25(33)34-26(6,7)8)21(23(31)27-18(4)13-10-2)20-15-12-14-17(3)22(20)30/h12,14-15,18-19,21,30H,9-11,13,16H2,1-8H3,(H,27,31)(H,28,33). The van der Waals surface area contributed by atoms with Crippen LogP contribution in [0.1, 0.15) is 91.3 Å². The van der Waals surface area contributed by atoms with Gasteiger partial charge in [0.05, 0.1) is 0 Å². The molecule has 1 rings (SSSR count). The van der Waals surface area contributed by atoms with Gasteiger partial charge in [0.2, 0.25) is 11.8 Å². The van der Waals surface area contributed by atoms with Gasteiger partial charge in [0.1, 0.15) is 23.4 Å². The van der Waals surface area contributed by atoms with Gasteiger partial charge >= 0.3 is 6.09 Å². The number of para-hydroxylation sites is 1. The molecule has 1 aromatic rings. The van der Waals surface area contributed by atoms with E-state index in [-0.39, 0.29) is 17.7 Å². The SMILES string of the molecule is CCCCN(C(=O)C(C)NC(=O)OC(C)(C)C)C(C(=O)NC(C)CCC)c1cccc(C)c1O. The van der Waals surface area contributed by atoms with Gasteiger partial charge in [-0.3, -0.25) is 9.59 Å². The van der Waals surface area contributed by atoms with Crippen LogP contribution in [-0.4, -0.2) is 52.1 Å². The average molecular weight is 478 g/mol. The molecule has 0 saturated carbocycles. The second-order valence-corrected chi connectivity index (χ2v) is 9.87. The molecule has 192 valence electrons. The summed E-state index contributed by atoms with van der Waals surface area (Å²) < 4.78 is 5.29. The van der Waals surface area contributed by atoms with Crippen LogP contribution in [0.4, 0.5) is 4.79 Å². The molecular formula is C26H43N3O5. The fourth-order valence-electron chi connectivity index (χ4n) is 3.67. The van der Waals surface area contributed by atoms with Gasteiger partial charge in [-0.15, -0.1) is 0 Å². The molecule has 0 aromatic heterocycles. The number of nitrogens with one attached hydrogen (secondary N) is 2. The lowest BCUT2D eigenvalue weighted by Gasteiger charge is -2.34. The van der Waals surface area contributed by atoms with E-state index in [9.17, 15) is 19.5 Å². The van der Waals surface area contributed by atoms with Crippen LogP contribution in [0.5, 0.6) is 5.75 Å². The van der Waals surface area contributed by atoms with E-state index >= 15 is 0 Å². The third-order valence-electron chi connectivity index (χ3n) is 5.37. The third-order valence-corrected chi connectivity index (χ3v) is 5.37. The molecule has 8 nitrogen and oxygen atoms in total. The van der Waals surface area contributed by atoms with E-state index in [1.165, 1.54) is 4.90 Å². The summed E-state index contributed by atoms with van der Waals surface area (Å²) in [6.07, 6.45) is 2.44. The first-order valence-electron chi connectivity index (χ1n) is 12.2. The maximum absolute atomic E-state index is 13.6. The Labute approximate surface area is 204 Å². The van der Waals surface area contributed by atoms with Crippen molar-refractivity contribution >= 4 is 17.9 Å². The average Bonchev–Trinajstić information content (AvgIpc) is 2.71. The smallest absolute Gasteiger partial charge is 0.408 e. The zero-order valence-electron chi connectivity index (χ0n) is 22.0. The zero-order chi connectivity index (χ0) is 26.1. The van der Waals surface area contributed by atoms with Crippen molar-refractivity contribution in [3.05, 3.63) is 29.3 Å². The highest BCUT2D eigenvalue weighted by molar-refractivity contribution is 5.92. The number of rotatable bonds is 11. The number of phenols is 1. The highest BCUT2D eigenvalue weighted by atomic mass is 16.6. The van der Waals surface area contributed by atoms with E-state index in [1.807, 2.05) is 20.8 Å². The monoisotopic (exact) mass is 477 g/mol. The molecule has 8 heteroatoms. The van der Waals surface area contributed by atoms with E-state index < -0.39 is 29.7 Å². The Morgan fingerprint density at radius 1 is 1.09 bits per heavy atom. The van der Waals surface area contributed by atoms with Gasteiger partial charge in [0, 0.05) is 18.2 Å². The molecule has 3 unspecified atom stereocenters. The number of carbonyl (C=O) groups excluding carboxylic acids is 3. The maximum atomic E-state index is 13.6. The quantitative estimate of drug-likeness (QED) is 0.432. The second-order valence-electron chi connectivity index (χ2n) is 9.87. The van der Waals surface area contributed by atoms with Crippen LogP contribution in [0.15, 0.2) is 18.2 Å². The van der Waals surface area contributed by atoms with Crippen LogP contribution in [0.25, 0.3) is 0 Å². The fourth-order valence-corrected chi connectivity index (χ4v) is 3.67. The molecule has 0 aliphatic heterocycles. The van der Waals surface area contributed by atoms with Gasteiger partial charge in [0.15, 0.2) is 0 Å². The lowest BCUT2D eigenvalue weighted by molar-refractivity contribution is -0.142. The van der Waals surface area contributed by atoms with Gasteiger partial charge < -0.3 is 25.4 Å². The van der Waals surface area contributed by atoms with Crippen molar-refractivity contribution in [2.75, 3.05) is 6.54 Å². The van der Waals surface area contributed by atoms with Crippen LogP contribution in [0, 0.1) is 6.92 Å². The van der Waals surface area contributed by atoms with Crippen LogP contribution >= 0.6 is 0 Å². The molecule has 0 bridgehead atoms. The first-order chi connectivity index (χ1) is 15.8. The van der Waals surface area contributed by atoms with E-state index in [0.29, 0.717) is 24.1 Å². The maximum Gasteiger partial charge on any atom is 0.408 e. The molecule has 0 spiro atoms. The van der Waals surface area contributed by atoms with E-state index in [4.69, 9.17) is 4.74 Å². The first kappa shape index (κ1) is 29.3. The molecule has 3 atom stereocenters. The van der Waals surface area contributed by atoms with Crippen LogP contribution in [0.2, 0.25) is 0 Å². The number of hydrogen-bond acceptors (Lipinski definition) is 5. The lowest BCUT2D eigenvalue weighted by Crippen LogP contribution is -2.52. The molecular weight excluding hydrogens is 434 g/mol. The number of benzene rings is 1. The van der Waals surface area contributed by atoms with E-state index in [1.54, 1.807) is 52.8 Å². The van der Waals surface area contributed by atoms with Crippen molar-refractivity contribution < 1.29 is 24.2 Å². The zero-order valence-corrected chi connectivity index (χ0v) is 22.0. The van der Waals surface area contributed by atoms with Crippen LogP contribution in [0.3, 0.4) is 0 Å². The number of carbonyl (C=O) groups is 3. The second kappa shape index (κ2) is 13.2. The minimum Gasteiger partial charge on any atom is -0.507 e. The van der Waals surface area contributed by atoms with Gasteiger partial charge in [-0.1, -0.05) is 44.9 Å². The van der Waals surface area contributed by atoms with Gasteiger partial charge in [-0.05, 0) is 59.9 Å². The number of amides is 3. The molecule has 3 amide bonds. The molecule has 0 aliphatic rings. The summed E-state index contributed by atoms with van der Waals surface area (Å²) in [6.45, 7) is 14.8. The summed E-state index contributed by atoms with van der Waals surface area (Å²) in [6, 6.07) is 3.11. The highest BCUT2D eigenvalue weighted by Crippen LogP contribution is 2.32. The van der Waals surface area contributed by atoms with Crippen molar-refractivity contribution in [2.45, 2.75) is 105 Å². The number of aryl methyl sites for hydroxylation is 1. The van der Waals surface area contributed by atoms with Gasteiger partial charge in [-0.2, -0.15) is 0 Å². The summed E-state index contributed by atoms with van der Waals surface area (Å²) in [5.74, 6) is -0.813. The van der Waals surface area contributed by atoms with Gasteiger partial charge in [-0.25, -0.2) is 4.79 Å². The minimum atomic E-state index is -1.04. The summed E-state index contributed by atoms with van der Waals surface area (Å²) in [5.41, 5.74) is 0.259. The first-order valence-corrected chi connectivity index (χ1v) is 12.2. The molecule has 0 heterocycles. The van der Waals surface area contributed by atoms with Crippen molar-refractivity contribution in [1.29, 1.82) is 0 Å². The Bertz CT molecular complexity index is 834. The van der Waals surface area contributed by atoms with Crippen molar-refractivity contribution in [3.8, 4) is 5.75 Å². The van der Waals surface area contributed by atoms with E-state index in [2.05, 4.69) is 10.6 Å². The Hall–Kier alpha value is -2.77. The largest absolute Gasteiger partial charge is 0.507 e. The Morgan fingerprint density at radius 2 is 1.74 bits per heavy atom. The highest BCUT2D eigenvalue weighted by Gasteiger charge is 2.36. The van der Waals surface area contributed by atoms with Gasteiger partial charge in [0.25, 0.3) is 0 Å². The fraction of sp³-hybridized carbons (Fsp3) is 0.654. The topological polar surface area (TPSA) is 108 Å². The summed E-state index contributed by atoms with van der Waals surface area (Å²) in [4.78, 5) is 40.8. The molecule has 0 saturated heterocycles. The normalized spacial score (nSPS) is 14.0. The number of aromatic hydroxyl groups is 1. The number of unbranched alkanes of at least 4 members (excludes halogenated alkanes) is 1. The number of hydrogen-bond donors (Lipinski definition) is 3. The molecule has 1 aromatic carbocycles. The number of ether oxygens (including phenoxy) is 1. The molecule has 0 radical (unpaired) electrons. The number of alkyl carbamates (subject to hydrolysis) is 1. The Morgan fingerprint density at radius 3 is 2.29 bits per heavy atom. The number of phenolic OH excluding ortho intramolecular Hbond substituents is 1. The minimum absolute atomic E-state index is 0.0205.